The topological polar surface area (TPSA) is 99.6 Å². The molecule has 3 N–H and O–H groups in total. The molecule has 3 heterocycles. The molecule has 0 aliphatic heterocycles. The molecule has 7 nitrogen and oxygen atoms in total. The molecule has 28 heavy (non-hydrogen) atoms. The molecule has 7 heteroatoms. The van der Waals surface area contributed by atoms with Gasteiger partial charge in [0.2, 0.25) is 0 Å². The van der Waals surface area contributed by atoms with Crippen LogP contribution in [0.15, 0.2) is 41.3 Å². The van der Waals surface area contributed by atoms with Crippen molar-refractivity contribution in [2.45, 2.75) is 44.1 Å². The first-order valence-electron chi connectivity index (χ1n) is 9.91. The second-order valence-corrected chi connectivity index (χ2v) is 7.54. The molecular weight excluding hydrogens is 354 g/mol. The van der Waals surface area contributed by atoms with E-state index in [0.717, 1.165) is 52.8 Å². The molecule has 1 aromatic carbocycles. The van der Waals surface area contributed by atoms with Gasteiger partial charge in [-0.1, -0.05) is 12.1 Å². The molecule has 0 spiro atoms. The number of pyridine rings is 1. The average Bonchev–Trinajstić information content (AvgIpc) is 3.37. The summed E-state index contributed by atoms with van der Waals surface area (Å²) in [5, 5.41) is 9.24. The zero-order valence-corrected chi connectivity index (χ0v) is 15.6. The summed E-state index contributed by atoms with van der Waals surface area (Å²) in [7, 11) is 0. The molecule has 1 atom stereocenters. The Morgan fingerprint density at radius 1 is 1.14 bits per heavy atom. The van der Waals surface area contributed by atoms with Gasteiger partial charge in [0.25, 0.3) is 0 Å². The number of nitrogens with one attached hydrogen (secondary N) is 2. The predicted octanol–water partition coefficient (Wildman–Crippen LogP) is 3.23. The van der Waals surface area contributed by atoms with Crippen molar-refractivity contribution in [1.82, 2.24) is 24.5 Å². The SMILES string of the molecule is O=c1[nH]c2ccnc(C3CC3)c2n1C(CCCCO)c1nc2ccccc2[nH]1. The summed E-state index contributed by atoms with van der Waals surface area (Å²) < 4.78 is 1.82. The number of para-hydroxylation sites is 2. The average molecular weight is 377 g/mol. The highest BCUT2D eigenvalue weighted by Gasteiger charge is 2.31. The number of rotatable bonds is 7. The van der Waals surface area contributed by atoms with E-state index in [1.807, 2.05) is 34.9 Å². The summed E-state index contributed by atoms with van der Waals surface area (Å²) in [4.78, 5) is 28.8. The molecule has 0 amide bonds. The van der Waals surface area contributed by atoms with Crippen LogP contribution in [0.2, 0.25) is 0 Å². The standard InChI is InChI=1S/C21H23N5O2/c27-12-4-3-7-17(20-23-14-5-1-2-6-15(14)24-20)26-19-16(25-21(26)28)10-11-22-18(19)13-8-9-13/h1-2,5-6,10-11,13,17,27H,3-4,7-9,12H2,(H,23,24)(H,25,28). The van der Waals surface area contributed by atoms with E-state index < -0.39 is 0 Å². The highest BCUT2D eigenvalue weighted by molar-refractivity contribution is 5.79. The van der Waals surface area contributed by atoms with E-state index in [-0.39, 0.29) is 18.3 Å². The predicted molar refractivity (Wildman–Crippen MR) is 107 cm³/mol. The van der Waals surface area contributed by atoms with Crippen molar-refractivity contribution in [3.63, 3.8) is 0 Å². The summed E-state index contributed by atoms with van der Waals surface area (Å²) >= 11 is 0. The van der Waals surface area contributed by atoms with Crippen LogP contribution in [0.1, 0.15) is 55.6 Å². The van der Waals surface area contributed by atoms with Gasteiger partial charge < -0.3 is 15.1 Å². The maximum absolute atomic E-state index is 13.0. The molecule has 1 aliphatic carbocycles. The van der Waals surface area contributed by atoms with Gasteiger partial charge in [0.05, 0.1) is 33.8 Å². The molecule has 0 saturated heterocycles. The van der Waals surface area contributed by atoms with Crippen molar-refractivity contribution >= 4 is 22.1 Å². The molecule has 0 radical (unpaired) electrons. The van der Waals surface area contributed by atoms with E-state index in [1.165, 1.54) is 0 Å². The van der Waals surface area contributed by atoms with E-state index in [2.05, 4.69) is 15.0 Å². The van der Waals surface area contributed by atoms with Gasteiger partial charge >= 0.3 is 5.69 Å². The maximum Gasteiger partial charge on any atom is 0.327 e. The third-order valence-corrected chi connectivity index (χ3v) is 5.54. The molecule has 144 valence electrons. The normalized spacial score (nSPS) is 15.5. The van der Waals surface area contributed by atoms with Crippen molar-refractivity contribution in [3.05, 3.63) is 58.5 Å². The fourth-order valence-electron chi connectivity index (χ4n) is 4.02. The van der Waals surface area contributed by atoms with E-state index in [0.29, 0.717) is 18.8 Å². The van der Waals surface area contributed by atoms with Crippen molar-refractivity contribution in [1.29, 1.82) is 0 Å². The summed E-state index contributed by atoms with van der Waals surface area (Å²) in [6.45, 7) is 0.143. The molecule has 1 unspecified atom stereocenters. The number of fused-ring (bicyclic) bond motifs is 2. The number of aromatic amines is 2. The zero-order valence-electron chi connectivity index (χ0n) is 15.6. The second kappa shape index (κ2) is 6.91. The number of nitrogens with zero attached hydrogens (tertiary/aromatic N) is 3. The number of imidazole rings is 2. The van der Waals surface area contributed by atoms with Crippen LogP contribution in [0.25, 0.3) is 22.1 Å². The van der Waals surface area contributed by atoms with Gasteiger partial charge in [-0.25, -0.2) is 9.78 Å². The first-order valence-corrected chi connectivity index (χ1v) is 9.91. The summed E-state index contributed by atoms with van der Waals surface area (Å²) in [6.07, 6.45) is 6.22. The Labute approximate surface area is 161 Å². The third-order valence-electron chi connectivity index (χ3n) is 5.54. The van der Waals surface area contributed by atoms with Crippen LogP contribution in [-0.4, -0.2) is 36.2 Å². The van der Waals surface area contributed by atoms with Gasteiger partial charge in [-0.05, 0) is 50.3 Å². The number of aliphatic hydroxyl groups excluding tert-OH is 1. The number of benzene rings is 1. The Balaban J connectivity index is 1.69. The van der Waals surface area contributed by atoms with Crippen LogP contribution >= 0.6 is 0 Å². The van der Waals surface area contributed by atoms with Crippen LogP contribution in [0.3, 0.4) is 0 Å². The van der Waals surface area contributed by atoms with Crippen LogP contribution in [0, 0.1) is 0 Å². The quantitative estimate of drug-likeness (QED) is 0.431. The largest absolute Gasteiger partial charge is 0.396 e. The highest BCUT2D eigenvalue weighted by Crippen LogP contribution is 2.42. The highest BCUT2D eigenvalue weighted by atomic mass is 16.2. The van der Waals surface area contributed by atoms with Crippen molar-refractivity contribution in [3.8, 4) is 0 Å². The molecule has 1 saturated carbocycles. The minimum Gasteiger partial charge on any atom is -0.396 e. The molecule has 0 bridgehead atoms. The van der Waals surface area contributed by atoms with Gasteiger partial charge in [-0.15, -0.1) is 0 Å². The van der Waals surface area contributed by atoms with E-state index in [9.17, 15) is 9.90 Å². The zero-order chi connectivity index (χ0) is 19.1. The number of unbranched alkanes of at least 4 members (excludes halogenated alkanes) is 1. The van der Waals surface area contributed by atoms with Gasteiger partial charge in [-0.3, -0.25) is 9.55 Å². The number of H-pyrrole nitrogens is 2. The lowest BCUT2D eigenvalue weighted by molar-refractivity contribution is 0.279. The number of hydrogen-bond acceptors (Lipinski definition) is 4. The third kappa shape index (κ3) is 2.92. The van der Waals surface area contributed by atoms with Gasteiger partial charge in [0.1, 0.15) is 5.82 Å². The van der Waals surface area contributed by atoms with Crippen LogP contribution in [-0.2, 0) is 0 Å². The lowest BCUT2D eigenvalue weighted by Gasteiger charge is -2.17. The fourth-order valence-corrected chi connectivity index (χ4v) is 4.02. The number of hydrogen-bond donors (Lipinski definition) is 3. The van der Waals surface area contributed by atoms with Gasteiger partial charge in [0.15, 0.2) is 0 Å². The second-order valence-electron chi connectivity index (χ2n) is 7.54. The van der Waals surface area contributed by atoms with Gasteiger partial charge in [-0.2, -0.15) is 0 Å². The van der Waals surface area contributed by atoms with Crippen LogP contribution in [0.4, 0.5) is 0 Å². The lowest BCUT2D eigenvalue weighted by Crippen LogP contribution is -2.24. The summed E-state index contributed by atoms with van der Waals surface area (Å²) in [5.74, 6) is 1.20. The lowest BCUT2D eigenvalue weighted by atomic mass is 10.1. The first kappa shape index (κ1) is 17.2. The Hall–Kier alpha value is -2.93. The molecule has 4 aromatic rings. The van der Waals surface area contributed by atoms with Crippen molar-refractivity contribution in [2.75, 3.05) is 6.61 Å². The molecule has 3 aromatic heterocycles. The monoisotopic (exact) mass is 377 g/mol. The Morgan fingerprint density at radius 2 is 2.00 bits per heavy atom. The minimum absolute atomic E-state index is 0.139. The fraction of sp³-hybridized carbons (Fsp3) is 0.381. The molecular formula is C21H23N5O2. The number of aliphatic hydroxyl groups is 1. The summed E-state index contributed by atoms with van der Waals surface area (Å²) in [6, 6.07) is 9.52. The van der Waals surface area contributed by atoms with E-state index in [4.69, 9.17) is 4.98 Å². The smallest absolute Gasteiger partial charge is 0.327 e. The Bertz CT molecular complexity index is 1150. The maximum atomic E-state index is 13.0. The minimum atomic E-state index is -0.234. The molecule has 1 fully saturated rings. The summed E-state index contributed by atoms with van der Waals surface area (Å²) in [5.41, 5.74) is 4.42. The van der Waals surface area contributed by atoms with Crippen molar-refractivity contribution in [2.24, 2.45) is 0 Å². The van der Waals surface area contributed by atoms with Crippen molar-refractivity contribution < 1.29 is 5.11 Å². The number of aromatic nitrogens is 5. The Morgan fingerprint density at radius 3 is 2.79 bits per heavy atom. The van der Waals surface area contributed by atoms with Crippen LogP contribution in [0.5, 0.6) is 0 Å². The molecule has 1 aliphatic rings. The van der Waals surface area contributed by atoms with Crippen LogP contribution < -0.4 is 5.69 Å². The first-order chi connectivity index (χ1) is 13.8. The Kier molecular flexibility index (Phi) is 4.24. The molecule has 5 rings (SSSR count). The van der Waals surface area contributed by atoms with E-state index in [1.54, 1.807) is 6.20 Å². The van der Waals surface area contributed by atoms with E-state index >= 15 is 0 Å². The van der Waals surface area contributed by atoms with Gasteiger partial charge in [0, 0.05) is 18.7 Å².